The van der Waals surface area contributed by atoms with Crippen LogP contribution in [-0.2, 0) is 4.79 Å². The Kier molecular flexibility index (Phi) is 6.38. The molecular formula is C19H27ClN2O2. The minimum atomic E-state index is 0.0734. The SMILES string of the molecule is O=C(COc1ccccc1Cl)N1CCCC[C@H]1CCN1CCCC1. The molecule has 2 aliphatic rings. The Morgan fingerprint density at radius 3 is 2.67 bits per heavy atom. The standard InChI is InChI=1S/C19H27ClN2O2/c20-17-8-1-2-9-18(17)24-15-19(23)22-13-4-3-7-16(22)10-14-21-11-5-6-12-21/h1-2,8-9,16H,3-7,10-15H2/t16-/m0/s1. The third kappa shape index (κ3) is 4.64. The summed E-state index contributed by atoms with van der Waals surface area (Å²) in [5.74, 6) is 0.666. The Bertz CT molecular complexity index is 546. The molecule has 0 saturated carbocycles. The molecule has 2 fully saturated rings. The van der Waals surface area contributed by atoms with Crippen LogP contribution in [0.15, 0.2) is 24.3 Å². The topological polar surface area (TPSA) is 32.8 Å². The van der Waals surface area contributed by atoms with E-state index in [0.29, 0.717) is 16.8 Å². The number of carbonyl (C=O) groups excluding carboxylic acids is 1. The van der Waals surface area contributed by atoms with Crippen molar-refractivity contribution >= 4 is 17.5 Å². The van der Waals surface area contributed by atoms with Crippen LogP contribution in [0.5, 0.6) is 5.75 Å². The molecule has 5 heteroatoms. The zero-order valence-corrected chi connectivity index (χ0v) is 15.0. The number of benzene rings is 1. The molecule has 24 heavy (non-hydrogen) atoms. The second-order valence-electron chi connectivity index (χ2n) is 6.79. The number of nitrogens with zero attached hydrogens (tertiary/aromatic N) is 2. The van der Waals surface area contributed by atoms with E-state index in [-0.39, 0.29) is 12.5 Å². The van der Waals surface area contributed by atoms with Gasteiger partial charge in [-0.25, -0.2) is 0 Å². The number of hydrogen-bond acceptors (Lipinski definition) is 3. The monoisotopic (exact) mass is 350 g/mol. The van der Waals surface area contributed by atoms with Crippen LogP contribution in [0.2, 0.25) is 5.02 Å². The van der Waals surface area contributed by atoms with Crippen LogP contribution >= 0.6 is 11.6 Å². The number of hydrogen-bond donors (Lipinski definition) is 0. The van der Waals surface area contributed by atoms with Crippen LogP contribution in [0.4, 0.5) is 0 Å². The first-order valence-electron chi connectivity index (χ1n) is 9.13. The number of para-hydroxylation sites is 1. The summed E-state index contributed by atoms with van der Waals surface area (Å²) in [7, 11) is 0. The van der Waals surface area contributed by atoms with Crippen LogP contribution in [0.3, 0.4) is 0 Å². The van der Waals surface area contributed by atoms with Crippen molar-refractivity contribution in [3.05, 3.63) is 29.3 Å². The molecule has 1 aromatic carbocycles. The van der Waals surface area contributed by atoms with Gasteiger partial charge in [0.05, 0.1) is 5.02 Å². The van der Waals surface area contributed by atoms with Gasteiger partial charge in [-0.1, -0.05) is 23.7 Å². The molecule has 1 aromatic rings. The first kappa shape index (κ1) is 17.6. The zero-order chi connectivity index (χ0) is 16.8. The third-order valence-electron chi connectivity index (χ3n) is 5.11. The van der Waals surface area contributed by atoms with Gasteiger partial charge in [-0.2, -0.15) is 0 Å². The minimum absolute atomic E-state index is 0.0734. The average Bonchev–Trinajstić information content (AvgIpc) is 3.13. The molecule has 1 amide bonds. The lowest BCUT2D eigenvalue weighted by molar-refractivity contribution is -0.137. The van der Waals surface area contributed by atoms with Gasteiger partial charge in [0.1, 0.15) is 5.75 Å². The molecule has 3 rings (SSSR count). The Morgan fingerprint density at radius 2 is 1.88 bits per heavy atom. The van der Waals surface area contributed by atoms with Gasteiger partial charge in [-0.15, -0.1) is 0 Å². The van der Waals surface area contributed by atoms with Gasteiger partial charge >= 0.3 is 0 Å². The zero-order valence-electron chi connectivity index (χ0n) is 14.3. The maximum atomic E-state index is 12.6. The number of rotatable bonds is 6. The van der Waals surface area contributed by atoms with Gasteiger partial charge < -0.3 is 14.5 Å². The number of amides is 1. The molecule has 0 N–H and O–H groups in total. The van der Waals surface area contributed by atoms with E-state index in [1.165, 1.54) is 32.4 Å². The van der Waals surface area contributed by atoms with Crippen molar-refractivity contribution in [1.82, 2.24) is 9.80 Å². The fourth-order valence-electron chi connectivity index (χ4n) is 3.75. The summed E-state index contributed by atoms with van der Waals surface area (Å²) in [5.41, 5.74) is 0. The van der Waals surface area contributed by atoms with Gasteiger partial charge in [0.25, 0.3) is 5.91 Å². The number of likely N-dealkylation sites (tertiary alicyclic amines) is 2. The summed E-state index contributed by atoms with van der Waals surface area (Å²) < 4.78 is 5.64. The molecule has 2 heterocycles. The Balaban J connectivity index is 1.51. The number of halogens is 1. The van der Waals surface area contributed by atoms with Gasteiger partial charge in [0.15, 0.2) is 6.61 Å². The van der Waals surface area contributed by atoms with Crippen molar-refractivity contribution in [2.24, 2.45) is 0 Å². The molecule has 0 unspecified atom stereocenters. The number of piperidine rings is 1. The van der Waals surface area contributed by atoms with Crippen molar-refractivity contribution in [1.29, 1.82) is 0 Å². The largest absolute Gasteiger partial charge is 0.482 e. The molecule has 0 bridgehead atoms. The lowest BCUT2D eigenvalue weighted by Crippen LogP contribution is -2.47. The Morgan fingerprint density at radius 1 is 1.12 bits per heavy atom. The van der Waals surface area contributed by atoms with Crippen molar-refractivity contribution < 1.29 is 9.53 Å². The highest BCUT2D eigenvalue weighted by Gasteiger charge is 2.27. The van der Waals surface area contributed by atoms with Crippen LogP contribution in [0.1, 0.15) is 38.5 Å². The van der Waals surface area contributed by atoms with Crippen LogP contribution in [-0.4, -0.2) is 54.5 Å². The summed E-state index contributed by atoms with van der Waals surface area (Å²) in [6, 6.07) is 7.67. The Hall–Kier alpha value is -1.26. The van der Waals surface area contributed by atoms with E-state index in [0.717, 1.165) is 32.4 Å². The molecular weight excluding hydrogens is 324 g/mol. The van der Waals surface area contributed by atoms with Crippen LogP contribution < -0.4 is 4.74 Å². The van der Waals surface area contributed by atoms with Gasteiger partial charge in [-0.05, 0) is 63.7 Å². The highest BCUT2D eigenvalue weighted by atomic mass is 35.5. The summed E-state index contributed by atoms with van der Waals surface area (Å²) in [4.78, 5) is 17.2. The van der Waals surface area contributed by atoms with Crippen molar-refractivity contribution in [3.8, 4) is 5.75 Å². The fraction of sp³-hybridized carbons (Fsp3) is 0.632. The molecule has 1 atom stereocenters. The quantitative estimate of drug-likeness (QED) is 0.786. The second kappa shape index (κ2) is 8.72. The predicted octanol–water partition coefficient (Wildman–Crippen LogP) is 3.59. The number of ether oxygens (including phenoxy) is 1. The van der Waals surface area contributed by atoms with E-state index < -0.39 is 0 Å². The molecule has 2 saturated heterocycles. The first-order chi connectivity index (χ1) is 11.7. The van der Waals surface area contributed by atoms with Gasteiger partial charge in [-0.3, -0.25) is 4.79 Å². The summed E-state index contributed by atoms with van der Waals surface area (Å²) in [6.07, 6.45) is 7.15. The molecule has 132 valence electrons. The normalized spacial score (nSPS) is 21.9. The van der Waals surface area contributed by atoms with Crippen molar-refractivity contribution in [2.45, 2.75) is 44.6 Å². The molecule has 4 nitrogen and oxygen atoms in total. The summed E-state index contributed by atoms with van der Waals surface area (Å²) in [5, 5.41) is 0.550. The number of carbonyl (C=O) groups is 1. The van der Waals surface area contributed by atoms with E-state index in [1.807, 2.05) is 17.0 Å². The molecule has 2 aliphatic heterocycles. The molecule has 0 spiro atoms. The predicted molar refractivity (Wildman–Crippen MR) is 96.6 cm³/mol. The maximum absolute atomic E-state index is 12.6. The van der Waals surface area contributed by atoms with Gasteiger partial charge in [0, 0.05) is 19.1 Å². The van der Waals surface area contributed by atoms with Crippen molar-refractivity contribution in [2.75, 3.05) is 32.8 Å². The van der Waals surface area contributed by atoms with E-state index in [4.69, 9.17) is 16.3 Å². The third-order valence-corrected chi connectivity index (χ3v) is 5.42. The lowest BCUT2D eigenvalue weighted by Gasteiger charge is -2.36. The van der Waals surface area contributed by atoms with Crippen LogP contribution in [0.25, 0.3) is 0 Å². The van der Waals surface area contributed by atoms with E-state index >= 15 is 0 Å². The molecule has 0 radical (unpaired) electrons. The van der Waals surface area contributed by atoms with Crippen LogP contribution in [0, 0.1) is 0 Å². The minimum Gasteiger partial charge on any atom is -0.482 e. The fourth-order valence-corrected chi connectivity index (χ4v) is 3.94. The highest BCUT2D eigenvalue weighted by Crippen LogP contribution is 2.24. The lowest BCUT2D eigenvalue weighted by atomic mass is 9.99. The van der Waals surface area contributed by atoms with E-state index in [1.54, 1.807) is 12.1 Å². The van der Waals surface area contributed by atoms with E-state index in [2.05, 4.69) is 4.90 Å². The smallest absolute Gasteiger partial charge is 0.260 e. The van der Waals surface area contributed by atoms with Gasteiger partial charge in [0.2, 0.25) is 0 Å². The second-order valence-corrected chi connectivity index (χ2v) is 7.20. The maximum Gasteiger partial charge on any atom is 0.260 e. The highest BCUT2D eigenvalue weighted by molar-refractivity contribution is 6.32. The Labute approximate surface area is 149 Å². The van der Waals surface area contributed by atoms with Crippen molar-refractivity contribution in [3.63, 3.8) is 0 Å². The van der Waals surface area contributed by atoms with E-state index in [9.17, 15) is 4.79 Å². The first-order valence-corrected chi connectivity index (χ1v) is 9.51. The molecule has 0 aliphatic carbocycles. The summed E-state index contributed by atoms with van der Waals surface area (Å²) in [6.45, 7) is 4.48. The average molecular weight is 351 g/mol. The molecule has 0 aromatic heterocycles. The summed E-state index contributed by atoms with van der Waals surface area (Å²) >= 11 is 6.09.